The van der Waals surface area contributed by atoms with Gasteiger partial charge >= 0.3 is 0 Å². The molecule has 1 atom stereocenters. The van der Waals surface area contributed by atoms with Crippen LogP contribution in [0.5, 0.6) is 5.75 Å². The summed E-state index contributed by atoms with van der Waals surface area (Å²) in [6.45, 7) is 3.72. The van der Waals surface area contributed by atoms with Gasteiger partial charge in [-0.25, -0.2) is 0 Å². The Balaban J connectivity index is 2.54. The molecule has 0 bridgehead atoms. The standard InChI is InChI=1S/C12H14O2/c1-8-5-10-6-11(13)4-3-9(10)7-12(8,2)14/h3-6,13-14H,7H2,1-2H3. The minimum Gasteiger partial charge on any atom is -0.508 e. The minimum atomic E-state index is -0.746. The van der Waals surface area contributed by atoms with E-state index in [0.717, 1.165) is 16.7 Å². The highest BCUT2D eigenvalue weighted by Crippen LogP contribution is 2.32. The molecule has 0 aromatic heterocycles. The van der Waals surface area contributed by atoms with E-state index in [4.69, 9.17) is 0 Å². The number of aliphatic hydroxyl groups is 1. The van der Waals surface area contributed by atoms with Crippen molar-refractivity contribution in [2.75, 3.05) is 0 Å². The van der Waals surface area contributed by atoms with Crippen LogP contribution >= 0.6 is 0 Å². The van der Waals surface area contributed by atoms with E-state index in [0.29, 0.717) is 6.42 Å². The van der Waals surface area contributed by atoms with Crippen molar-refractivity contribution in [3.05, 3.63) is 34.9 Å². The molecule has 0 heterocycles. The second kappa shape index (κ2) is 2.85. The second-order valence-electron chi connectivity index (χ2n) is 4.16. The highest BCUT2D eigenvalue weighted by molar-refractivity contribution is 5.63. The van der Waals surface area contributed by atoms with Crippen molar-refractivity contribution in [2.24, 2.45) is 0 Å². The smallest absolute Gasteiger partial charge is 0.116 e. The third-order valence-corrected chi connectivity index (χ3v) is 2.89. The molecule has 2 nitrogen and oxygen atoms in total. The van der Waals surface area contributed by atoms with Gasteiger partial charge in [0, 0.05) is 6.42 Å². The topological polar surface area (TPSA) is 40.5 Å². The van der Waals surface area contributed by atoms with Gasteiger partial charge in [-0.2, -0.15) is 0 Å². The SMILES string of the molecule is CC1=Cc2cc(O)ccc2CC1(C)O. The highest BCUT2D eigenvalue weighted by Gasteiger charge is 2.27. The Morgan fingerprint density at radius 3 is 2.79 bits per heavy atom. The first kappa shape index (κ1) is 9.28. The summed E-state index contributed by atoms with van der Waals surface area (Å²) in [6, 6.07) is 5.25. The Hall–Kier alpha value is -1.28. The van der Waals surface area contributed by atoms with Crippen molar-refractivity contribution in [1.29, 1.82) is 0 Å². The van der Waals surface area contributed by atoms with E-state index in [-0.39, 0.29) is 5.75 Å². The van der Waals surface area contributed by atoms with Crippen LogP contribution in [0.4, 0.5) is 0 Å². The van der Waals surface area contributed by atoms with Crippen LogP contribution in [0.2, 0.25) is 0 Å². The molecule has 2 N–H and O–H groups in total. The molecule has 1 unspecified atom stereocenters. The molecular formula is C12H14O2. The molecule has 1 aromatic rings. The van der Waals surface area contributed by atoms with Crippen LogP contribution in [0.15, 0.2) is 23.8 Å². The van der Waals surface area contributed by atoms with Gasteiger partial charge in [0.1, 0.15) is 5.75 Å². The molecule has 74 valence electrons. The second-order valence-corrected chi connectivity index (χ2v) is 4.16. The molecule has 0 spiro atoms. The molecular weight excluding hydrogens is 176 g/mol. The number of hydrogen-bond acceptors (Lipinski definition) is 2. The number of hydrogen-bond donors (Lipinski definition) is 2. The number of phenolic OH excluding ortho intramolecular Hbond substituents is 1. The third kappa shape index (κ3) is 1.42. The zero-order chi connectivity index (χ0) is 10.3. The van der Waals surface area contributed by atoms with Gasteiger partial charge in [-0.3, -0.25) is 0 Å². The van der Waals surface area contributed by atoms with Gasteiger partial charge in [0.15, 0.2) is 0 Å². The first-order chi connectivity index (χ1) is 6.49. The fourth-order valence-electron chi connectivity index (χ4n) is 1.78. The molecule has 0 aliphatic heterocycles. The lowest BCUT2D eigenvalue weighted by Gasteiger charge is -2.29. The third-order valence-electron chi connectivity index (χ3n) is 2.89. The molecule has 2 rings (SSSR count). The van der Waals surface area contributed by atoms with Crippen LogP contribution in [0.3, 0.4) is 0 Å². The van der Waals surface area contributed by atoms with E-state index >= 15 is 0 Å². The summed E-state index contributed by atoms with van der Waals surface area (Å²) in [5.41, 5.74) is 2.28. The molecule has 0 saturated carbocycles. The van der Waals surface area contributed by atoms with Gasteiger partial charge in [0.05, 0.1) is 5.60 Å². The van der Waals surface area contributed by atoms with E-state index in [9.17, 15) is 10.2 Å². The number of phenols is 1. The predicted octanol–water partition coefficient (Wildman–Crippen LogP) is 2.10. The monoisotopic (exact) mass is 190 g/mol. The maximum Gasteiger partial charge on any atom is 0.116 e. The number of rotatable bonds is 0. The fraction of sp³-hybridized carbons (Fsp3) is 0.333. The zero-order valence-corrected chi connectivity index (χ0v) is 8.41. The van der Waals surface area contributed by atoms with Gasteiger partial charge in [0.25, 0.3) is 0 Å². The first-order valence-electron chi connectivity index (χ1n) is 4.72. The van der Waals surface area contributed by atoms with Crippen molar-refractivity contribution < 1.29 is 10.2 Å². The predicted molar refractivity (Wildman–Crippen MR) is 56.1 cm³/mol. The number of benzene rings is 1. The molecule has 0 fully saturated rings. The van der Waals surface area contributed by atoms with E-state index < -0.39 is 5.60 Å². The maximum absolute atomic E-state index is 10.0. The summed E-state index contributed by atoms with van der Waals surface area (Å²) in [4.78, 5) is 0. The van der Waals surface area contributed by atoms with Crippen molar-refractivity contribution in [2.45, 2.75) is 25.9 Å². The summed E-state index contributed by atoms with van der Waals surface area (Å²) < 4.78 is 0. The molecule has 1 aliphatic rings. The van der Waals surface area contributed by atoms with Crippen molar-refractivity contribution in [3.63, 3.8) is 0 Å². The summed E-state index contributed by atoms with van der Waals surface area (Å²) in [6.07, 6.45) is 2.55. The van der Waals surface area contributed by atoms with E-state index in [1.807, 2.05) is 26.0 Å². The quantitative estimate of drug-likeness (QED) is 0.657. The van der Waals surface area contributed by atoms with Crippen LogP contribution in [-0.4, -0.2) is 15.8 Å². The normalized spacial score (nSPS) is 25.5. The van der Waals surface area contributed by atoms with Gasteiger partial charge < -0.3 is 10.2 Å². The Morgan fingerprint density at radius 1 is 1.36 bits per heavy atom. The zero-order valence-electron chi connectivity index (χ0n) is 8.41. The molecule has 14 heavy (non-hydrogen) atoms. The average Bonchev–Trinajstić information content (AvgIpc) is 2.08. The summed E-state index contributed by atoms with van der Waals surface area (Å²) in [5, 5.41) is 19.3. The van der Waals surface area contributed by atoms with Gasteiger partial charge in [-0.1, -0.05) is 12.1 Å². The van der Waals surface area contributed by atoms with Gasteiger partial charge in [-0.05, 0) is 42.7 Å². The molecule has 0 radical (unpaired) electrons. The summed E-state index contributed by atoms with van der Waals surface area (Å²) in [5.74, 6) is 0.273. The lowest BCUT2D eigenvalue weighted by Crippen LogP contribution is -2.31. The van der Waals surface area contributed by atoms with Crippen LogP contribution in [0.1, 0.15) is 25.0 Å². The molecule has 0 saturated heterocycles. The van der Waals surface area contributed by atoms with E-state index in [1.54, 1.807) is 12.1 Å². The van der Waals surface area contributed by atoms with Crippen molar-refractivity contribution in [3.8, 4) is 5.75 Å². The fourth-order valence-corrected chi connectivity index (χ4v) is 1.78. The Morgan fingerprint density at radius 2 is 2.07 bits per heavy atom. The largest absolute Gasteiger partial charge is 0.508 e. The van der Waals surface area contributed by atoms with Crippen molar-refractivity contribution >= 4 is 6.08 Å². The molecule has 2 heteroatoms. The molecule has 0 amide bonds. The lowest BCUT2D eigenvalue weighted by molar-refractivity contribution is 0.0986. The minimum absolute atomic E-state index is 0.273. The van der Waals surface area contributed by atoms with E-state index in [1.165, 1.54) is 0 Å². The first-order valence-corrected chi connectivity index (χ1v) is 4.72. The molecule has 1 aliphatic carbocycles. The van der Waals surface area contributed by atoms with Gasteiger partial charge in [0.2, 0.25) is 0 Å². The summed E-state index contributed by atoms with van der Waals surface area (Å²) in [7, 11) is 0. The van der Waals surface area contributed by atoms with Crippen LogP contribution < -0.4 is 0 Å². The van der Waals surface area contributed by atoms with E-state index in [2.05, 4.69) is 0 Å². The van der Waals surface area contributed by atoms with Gasteiger partial charge in [-0.15, -0.1) is 0 Å². The lowest BCUT2D eigenvalue weighted by atomic mass is 9.82. The van der Waals surface area contributed by atoms with Crippen LogP contribution in [-0.2, 0) is 6.42 Å². The van der Waals surface area contributed by atoms with Crippen molar-refractivity contribution in [1.82, 2.24) is 0 Å². The van der Waals surface area contributed by atoms with Crippen LogP contribution in [0.25, 0.3) is 6.08 Å². The Labute approximate surface area is 83.5 Å². The number of fused-ring (bicyclic) bond motifs is 1. The average molecular weight is 190 g/mol. The Bertz CT molecular complexity index is 403. The van der Waals surface area contributed by atoms with Crippen LogP contribution in [0, 0.1) is 0 Å². The number of aromatic hydroxyl groups is 1. The Kier molecular flexibility index (Phi) is 1.89. The summed E-state index contributed by atoms with van der Waals surface area (Å²) >= 11 is 0. The maximum atomic E-state index is 10.0. The molecule has 1 aromatic carbocycles. The highest BCUT2D eigenvalue weighted by atomic mass is 16.3.